The largest absolute Gasteiger partial charge is 0.488 e. The predicted molar refractivity (Wildman–Crippen MR) is 101 cm³/mol. The molecule has 0 spiro atoms. The van der Waals surface area contributed by atoms with Crippen LogP contribution in [0.4, 0.5) is 0 Å². The van der Waals surface area contributed by atoms with Crippen LogP contribution in [0.5, 0.6) is 5.75 Å². The van der Waals surface area contributed by atoms with Crippen LogP contribution in [0.3, 0.4) is 0 Å². The van der Waals surface area contributed by atoms with Gasteiger partial charge >= 0.3 is 0 Å². The number of thioether (sulfide) groups is 1. The normalized spacial score (nSPS) is 20.8. The molecule has 1 aromatic carbocycles. The van der Waals surface area contributed by atoms with E-state index in [1.807, 2.05) is 43.8 Å². The van der Waals surface area contributed by atoms with Crippen molar-refractivity contribution in [2.75, 3.05) is 32.6 Å². The summed E-state index contributed by atoms with van der Waals surface area (Å²) in [4.78, 5) is 0. The molecule has 1 aliphatic heterocycles. The van der Waals surface area contributed by atoms with Crippen LogP contribution in [-0.4, -0.2) is 54.6 Å². The minimum Gasteiger partial charge on any atom is -0.488 e. The van der Waals surface area contributed by atoms with E-state index in [9.17, 15) is 0 Å². The van der Waals surface area contributed by atoms with Gasteiger partial charge in [0.15, 0.2) is 17.4 Å². The third kappa shape index (κ3) is 5.10. The molecule has 0 aromatic heterocycles. The van der Waals surface area contributed by atoms with Crippen LogP contribution in [0.1, 0.15) is 26.3 Å². The van der Waals surface area contributed by atoms with Crippen molar-refractivity contribution < 1.29 is 18.8 Å². The van der Waals surface area contributed by atoms with Crippen molar-refractivity contribution in [2.24, 2.45) is 0 Å². The summed E-state index contributed by atoms with van der Waals surface area (Å²) in [6.45, 7) is 7.74. The fraction of sp³-hybridized carbons (Fsp3) is 0.526. The first-order valence-electron chi connectivity index (χ1n) is 8.41. The van der Waals surface area contributed by atoms with Gasteiger partial charge in [-0.25, -0.2) is 4.58 Å². The fourth-order valence-electron chi connectivity index (χ4n) is 2.40. The Bertz CT molecular complexity index is 582. The first kappa shape index (κ1) is 19.0. The minimum absolute atomic E-state index is 0.0386. The van der Waals surface area contributed by atoms with Gasteiger partial charge < -0.3 is 14.2 Å². The third-order valence-corrected chi connectivity index (χ3v) is 5.25. The lowest BCUT2D eigenvalue weighted by atomic mass is 10.0. The summed E-state index contributed by atoms with van der Waals surface area (Å²) in [5.74, 6) is 1.90. The van der Waals surface area contributed by atoms with Gasteiger partial charge in [0.25, 0.3) is 0 Å². The molecule has 0 amide bonds. The predicted octanol–water partition coefficient (Wildman–Crippen LogP) is 3.65. The number of rotatable bonds is 9. The summed E-state index contributed by atoms with van der Waals surface area (Å²) in [6.07, 6.45) is 4.05. The van der Waals surface area contributed by atoms with Crippen molar-refractivity contribution in [1.82, 2.24) is 0 Å². The highest BCUT2D eigenvalue weighted by atomic mass is 32.2. The lowest BCUT2D eigenvalue weighted by molar-refractivity contribution is -0.549. The molecule has 1 aromatic rings. The molecule has 5 heteroatoms. The van der Waals surface area contributed by atoms with Gasteiger partial charge in [0.05, 0.1) is 5.75 Å². The molecule has 24 heavy (non-hydrogen) atoms. The second kappa shape index (κ2) is 9.25. The number of hydrogen-bond acceptors (Lipinski definition) is 4. The van der Waals surface area contributed by atoms with E-state index in [4.69, 9.17) is 14.2 Å². The summed E-state index contributed by atoms with van der Waals surface area (Å²) >= 11 is 1.84. The smallest absolute Gasteiger partial charge is 0.198 e. The highest BCUT2D eigenvalue weighted by Gasteiger charge is 2.35. The van der Waals surface area contributed by atoms with Gasteiger partial charge in [0, 0.05) is 25.7 Å². The third-order valence-electron chi connectivity index (χ3n) is 4.03. The van der Waals surface area contributed by atoms with Gasteiger partial charge in [-0.2, -0.15) is 0 Å². The zero-order valence-electron chi connectivity index (χ0n) is 15.0. The van der Waals surface area contributed by atoms with E-state index in [0.29, 0.717) is 19.8 Å². The van der Waals surface area contributed by atoms with Gasteiger partial charge in [0.1, 0.15) is 19.4 Å². The van der Waals surface area contributed by atoms with Crippen molar-refractivity contribution in [3.63, 3.8) is 0 Å². The Morgan fingerprint density at radius 2 is 1.96 bits per heavy atom. The SMILES string of the molecule is CCOC(COc1ccccc1/C=C\C1(C)CSC=[N+]1C)OCC. The lowest BCUT2D eigenvalue weighted by Crippen LogP contribution is -2.33. The summed E-state index contributed by atoms with van der Waals surface area (Å²) < 4.78 is 19.3. The molecule has 0 aliphatic carbocycles. The van der Waals surface area contributed by atoms with E-state index >= 15 is 0 Å². The van der Waals surface area contributed by atoms with Crippen LogP contribution >= 0.6 is 11.8 Å². The maximum atomic E-state index is 5.95. The van der Waals surface area contributed by atoms with Crippen LogP contribution in [-0.2, 0) is 9.47 Å². The number of likely N-dealkylation sites (N-methyl/N-ethyl adjacent to an activating group) is 1. The van der Waals surface area contributed by atoms with Crippen molar-refractivity contribution in [2.45, 2.75) is 32.6 Å². The molecule has 0 saturated heterocycles. The average molecular weight is 351 g/mol. The Labute approximate surface area is 149 Å². The fourth-order valence-corrected chi connectivity index (χ4v) is 3.57. The average Bonchev–Trinajstić information content (AvgIpc) is 2.91. The molecule has 0 saturated carbocycles. The van der Waals surface area contributed by atoms with E-state index in [-0.39, 0.29) is 11.8 Å². The molecular formula is C19H28NO3S+. The van der Waals surface area contributed by atoms with E-state index in [1.54, 1.807) is 0 Å². The standard InChI is InChI=1S/C19H28NO3S/c1-5-21-18(22-6-2)13-23-17-10-8-7-9-16(17)11-12-19(3)14-24-15-20(19)4/h7-12,15,18H,5-6,13-14H2,1-4H3/q+1/b12-11-. The van der Waals surface area contributed by atoms with Crippen molar-refractivity contribution in [1.29, 1.82) is 0 Å². The number of ether oxygens (including phenoxy) is 3. The molecule has 2 rings (SSSR count). The second-order valence-electron chi connectivity index (χ2n) is 5.91. The first-order chi connectivity index (χ1) is 11.6. The van der Waals surface area contributed by atoms with Crippen LogP contribution in [0.2, 0.25) is 0 Å². The molecule has 0 fully saturated rings. The molecular weight excluding hydrogens is 322 g/mol. The molecule has 0 N–H and O–H groups in total. The summed E-state index contributed by atoms with van der Waals surface area (Å²) in [5.41, 5.74) is 3.27. The quantitative estimate of drug-likeness (QED) is 0.502. The molecule has 1 unspecified atom stereocenters. The summed E-state index contributed by atoms with van der Waals surface area (Å²) in [5, 5.41) is 0. The molecule has 1 heterocycles. The zero-order chi connectivity index (χ0) is 17.4. The number of benzene rings is 1. The summed E-state index contributed by atoms with van der Waals surface area (Å²) in [7, 11) is 2.11. The van der Waals surface area contributed by atoms with Crippen molar-refractivity contribution in [3.8, 4) is 5.75 Å². The van der Waals surface area contributed by atoms with E-state index in [1.165, 1.54) is 0 Å². The van der Waals surface area contributed by atoms with Crippen molar-refractivity contribution in [3.05, 3.63) is 35.9 Å². The zero-order valence-corrected chi connectivity index (χ0v) is 15.8. The van der Waals surface area contributed by atoms with Crippen LogP contribution in [0, 0.1) is 0 Å². The van der Waals surface area contributed by atoms with Crippen LogP contribution in [0.15, 0.2) is 30.3 Å². The number of nitrogens with zero attached hydrogens (tertiary/aromatic N) is 1. The maximum absolute atomic E-state index is 5.95. The van der Waals surface area contributed by atoms with Gasteiger partial charge in [-0.3, -0.25) is 0 Å². The Morgan fingerprint density at radius 1 is 1.25 bits per heavy atom. The Hall–Kier alpha value is -1.30. The molecule has 132 valence electrons. The molecule has 0 radical (unpaired) electrons. The van der Waals surface area contributed by atoms with Gasteiger partial charge in [-0.05, 0) is 32.1 Å². The van der Waals surface area contributed by atoms with E-state index in [2.05, 4.69) is 42.3 Å². The monoisotopic (exact) mass is 350 g/mol. The maximum Gasteiger partial charge on any atom is 0.198 e. The first-order valence-corrected chi connectivity index (χ1v) is 9.46. The number of para-hydroxylation sites is 1. The minimum atomic E-state index is -0.332. The Balaban J connectivity index is 2.06. The topological polar surface area (TPSA) is 30.7 Å². The molecule has 0 bridgehead atoms. The number of hydrogen-bond donors (Lipinski definition) is 0. The Kier molecular flexibility index (Phi) is 7.34. The van der Waals surface area contributed by atoms with Gasteiger partial charge in [-0.1, -0.05) is 30.0 Å². The summed E-state index contributed by atoms with van der Waals surface area (Å²) in [6, 6.07) is 8.06. The Morgan fingerprint density at radius 3 is 2.58 bits per heavy atom. The second-order valence-corrected chi connectivity index (χ2v) is 6.74. The van der Waals surface area contributed by atoms with E-state index in [0.717, 1.165) is 17.1 Å². The van der Waals surface area contributed by atoms with E-state index < -0.39 is 0 Å². The van der Waals surface area contributed by atoms with Crippen LogP contribution in [0.25, 0.3) is 6.08 Å². The molecule has 4 nitrogen and oxygen atoms in total. The highest BCUT2D eigenvalue weighted by Crippen LogP contribution is 2.26. The van der Waals surface area contributed by atoms with Gasteiger partial charge in [0.2, 0.25) is 0 Å². The molecule has 1 atom stereocenters. The van der Waals surface area contributed by atoms with Crippen molar-refractivity contribution >= 4 is 23.4 Å². The lowest BCUT2D eigenvalue weighted by Gasteiger charge is -2.18. The van der Waals surface area contributed by atoms with Gasteiger partial charge in [-0.15, -0.1) is 0 Å². The molecule has 1 aliphatic rings. The van der Waals surface area contributed by atoms with Crippen LogP contribution < -0.4 is 4.74 Å². The highest BCUT2D eigenvalue weighted by molar-refractivity contribution is 8.12.